The van der Waals surface area contributed by atoms with Gasteiger partial charge in [-0.3, -0.25) is 9.69 Å². The van der Waals surface area contributed by atoms with Gasteiger partial charge in [0.05, 0.1) is 0 Å². The number of urea groups is 1. The smallest absolute Gasteiger partial charge is 0.326 e. The Morgan fingerprint density at radius 1 is 1.19 bits per heavy atom. The van der Waals surface area contributed by atoms with E-state index in [4.69, 9.17) is 10.8 Å². The number of nitrogens with zero attached hydrogens (tertiary/aromatic N) is 2. The van der Waals surface area contributed by atoms with Crippen molar-refractivity contribution in [1.29, 1.82) is 0 Å². The SMILES string of the molecule is CC(C)N1CCN(C(=O)N[C@@H](CCC(N)=O)C(=O)O)CC1. The molecule has 1 heterocycles. The topological polar surface area (TPSA) is 116 Å². The van der Waals surface area contributed by atoms with Crippen molar-refractivity contribution in [3.05, 3.63) is 0 Å². The summed E-state index contributed by atoms with van der Waals surface area (Å²) in [5.41, 5.74) is 5.00. The summed E-state index contributed by atoms with van der Waals surface area (Å²) in [7, 11) is 0. The summed E-state index contributed by atoms with van der Waals surface area (Å²) in [6.07, 6.45) is -0.0687. The van der Waals surface area contributed by atoms with Crippen LogP contribution in [0.25, 0.3) is 0 Å². The maximum Gasteiger partial charge on any atom is 0.326 e. The molecule has 21 heavy (non-hydrogen) atoms. The predicted octanol–water partition coefficient (Wildman–Crippen LogP) is -0.559. The van der Waals surface area contributed by atoms with Crippen LogP contribution in [0.4, 0.5) is 4.79 Å². The van der Waals surface area contributed by atoms with Gasteiger partial charge in [-0.15, -0.1) is 0 Å². The Balaban J connectivity index is 2.47. The Bertz CT molecular complexity index is 392. The Labute approximate surface area is 124 Å². The Morgan fingerprint density at radius 2 is 1.76 bits per heavy atom. The van der Waals surface area contributed by atoms with Crippen LogP contribution in [0.5, 0.6) is 0 Å². The second-order valence-corrected chi connectivity index (χ2v) is 5.46. The number of nitrogens with two attached hydrogens (primary N) is 1. The molecule has 3 amide bonds. The lowest BCUT2D eigenvalue weighted by molar-refractivity contribution is -0.139. The number of piperazine rings is 1. The Morgan fingerprint density at radius 3 is 2.19 bits per heavy atom. The lowest BCUT2D eigenvalue weighted by Gasteiger charge is -2.37. The number of amides is 3. The number of carbonyl (C=O) groups is 3. The highest BCUT2D eigenvalue weighted by molar-refractivity contribution is 5.83. The maximum absolute atomic E-state index is 12.1. The predicted molar refractivity (Wildman–Crippen MR) is 76.7 cm³/mol. The van der Waals surface area contributed by atoms with Gasteiger partial charge in [0.15, 0.2) is 0 Å². The van der Waals surface area contributed by atoms with Crippen molar-refractivity contribution in [3.8, 4) is 0 Å². The zero-order chi connectivity index (χ0) is 16.0. The molecular weight excluding hydrogens is 276 g/mol. The average molecular weight is 300 g/mol. The van der Waals surface area contributed by atoms with Gasteiger partial charge in [-0.1, -0.05) is 0 Å². The third-order valence-corrected chi connectivity index (χ3v) is 3.61. The number of carboxylic acid groups (broad SMARTS) is 1. The van der Waals surface area contributed by atoms with Crippen molar-refractivity contribution >= 4 is 17.9 Å². The third-order valence-electron chi connectivity index (χ3n) is 3.61. The summed E-state index contributed by atoms with van der Waals surface area (Å²) in [5, 5.41) is 11.5. The molecule has 0 unspecified atom stereocenters. The van der Waals surface area contributed by atoms with E-state index < -0.39 is 23.9 Å². The molecule has 0 radical (unpaired) electrons. The zero-order valence-electron chi connectivity index (χ0n) is 12.5. The molecule has 0 aromatic carbocycles. The fourth-order valence-electron chi connectivity index (χ4n) is 2.23. The van der Waals surface area contributed by atoms with Crippen LogP contribution in [0.1, 0.15) is 26.7 Å². The van der Waals surface area contributed by atoms with Crippen LogP contribution in [0.2, 0.25) is 0 Å². The first-order chi connectivity index (χ1) is 9.81. The molecule has 1 fully saturated rings. The molecule has 0 spiro atoms. The van der Waals surface area contributed by atoms with E-state index in [1.54, 1.807) is 4.90 Å². The van der Waals surface area contributed by atoms with Crippen LogP contribution >= 0.6 is 0 Å². The fraction of sp³-hybridized carbons (Fsp3) is 0.769. The van der Waals surface area contributed by atoms with Gasteiger partial charge >= 0.3 is 12.0 Å². The molecule has 1 rings (SSSR count). The molecule has 4 N–H and O–H groups in total. The molecule has 0 aromatic heterocycles. The van der Waals surface area contributed by atoms with E-state index in [0.29, 0.717) is 19.1 Å². The van der Waals surface area contributed by atoms with E-state index in [1.165, 1.54) is 0 Å². The van der Waals surface area contributed by atoms with E-state index in [9.17, 15) is 14.4 Å². The van der Waals surface area contributed by atoms with Crippen molar-refractivity contribution in [2.75, 3.05) is 26.2 Å². The molecule has 0 aromatic rings. The highest BCUT2D eigenvalue weighted by Crippen LogP contribution is 2.07. The van der Waals surface area contributed by atoms with Gasteiger partial charge in [0.1, 0.15) is 6.04 Å². The van der Waals surface area contributed by atoms with Crippen molar-refractivity contribution < 1.29 is 19.5 Å². The Kier molecular flexibility index (Phi) is 6.41. The molecule has 0 aliphatic carbocycles. The van der Waals surface area contributed by atoms with E-state index >= 15 is 0 Å². The maximum atomic E-state index is 12.1. The van der Waals surface area contributed by atoms with Gasteiger partial charge in [0.25, 0.3) is 0 Å². The van der Waals surface area contributed by atoms with Gasteiger partial charge in [-0.05, 0) is 20.3 Å². The minimum Gasteiger partial charge on any atom is -0.480 e. The van der Waals surface area contributed by atoms with Crippen LogP contribution in [-0.2, 0) is 9.59 Å². The largest absolute Gasteiger partial charge is 0.480 e. The third kappa shape index (κ3) is 5.58. The fourth-order valence-corrected chi connectivity index (χ4v) is 2.23. The minimum absolute atomic E-state index is 0.00235. The normalized spacial score (nSPS) is 17.6. The second kappa shape index (κ2) is 7.82. The highest BCUT2D eigenvalue weighted by Gasteiger charge is 2.26. The summed E-state index contributed by atoms with van der Waals surface area (Å²) in [6.45, 7) is 6.85. The molecular formula is C13H24N4O4. The van der Waals surface area contributed by atoms with Gasteiger partial charge < -0.3 is 21.1 Å². The van der Waals surface area contributed by atoms with E-state index in [-0.39, 0.29) is 12.8 Å². The quantitative estimate of drug-likeness (QED) is 0.608. The highest BCUT2D eigenvalue weighted by atomic mass is 16.4. The van der Waals surface area contributed by atoms with Crippen LogP contribution in [-0.4, -0.2) is 71.1 Å². The van der Waals surface area contributed by atoms with Crippen molar-refractivity contribution in [3.63, 3.8) is 0 Å². The first kappa shape index (κ1) is 17.2. The lowest BCUT2D eigenvalue weighted by Crippen LogP contribution is -2.55. The van der Waals surface area contributed by atoms with Gasteiger partial charge in [-0.25, -0.2) is 9.59 Å². The number of primary amides is 1. The van der Waals surface area contributed by atoms with Crippen molar-refractivity contribution in [2.24, 2.45) is 5.73 Å². The van der Waals surface area contributed by atoms with Crippen LogP contribution in [0.15, 0.2) is 0 Å². The van der Waals surface area contributed by atoms with Gasteiger partial charge in [0.2, 0.25) is 5.91 Å². The molecule has 120 valence electrons. The number of aliphatic carboxylic acids is 1. The number of carboxylic acids is 1. The lowest BCUT2D eigenvalue weighted by atomic mass is 10.1. The molecule has 0 bridgehead atoms. The van der Waals surface area contributed by atoms with Crippen LogP contribution in [0, 0.1) is 0 Å². The monoisotopic (exact) mass is 300 g/mol. The summed E-state index contributed by atoms with van der Waals surface area (Å²) < 4.78 is 0. The number of rotatable bonds is 6. The second-order valence-electron chi connectivity index (χ2n) is 5.46. The first-order valence-electron chi connectivity index (χ1n) is 7.12. The molecule has 0 saturated carbocycles. The number of hydrogen-bond donors (Lipinski definition) is 3. The minimum atomic E-state index is -1.16. The Hall–Kier alpha value is -1.83. The summed E-state index contributed by atoms with van der Waals surface area (Å²) in [4.78, 5) is 37.7. The first-order valence-corrected chi connectivity index (χ1v) is 7.12. The van der Waals surface area contributed by atoms with Gasteiger partial charge in [-0.2, -0.15) is 0 Å². The summed E-state index contributed by atoms with van der Waals surface area (Å²) in [6, 6.07) is -1.07. The van der Waals surface area contributed by atoms with E-state index in [2.05, 4.69) is 24.1 Å². The zero-order valence-corrected chi connectivity index (χ0v) is 12.5. The van der Waals surface area contributed by atoms with Gasteiger partial charge in [0, 0.05) is 38.6 Å². The number of carbonyl (C=O) groups excluding carboxylic acids is 2. The molecule has 1 aliphatic rings. The van der Waals surface area contributed by atoms with Crippen LogP contribution < -0.4 is 11.1 Å². The molecule has 1 atom stereocenters. The molecule has 8 heteroatoms. The molecule has 1 aliphatic heterocycles. The molecule has 1 saturated heterocycles. The van der Waals surface area contributed by atoms with Crippen molar-refractivity contribution in [2.45, 2.75) is 38.8 Å². The standard InChI is InChI=1S/C13H24N4O4/c1-9(2)16-5-7-17(8-6-16)13(21)15-10(12(19)20)3-4-11(14)18/h9-10H,3-8H2,1-2H3,(H2,14,18)(H,15,21)(H,19,20)/t10-/m0/s1. The van der Waals surface area contributed by atoms with Crippen molar-refractivity contribution in [1.82, 2.24) is 15.1 Å². The number of hydrogen-bond acceptors (Lipinski definition) is 4. The van der Waals surface area contributed by atoms with Crippen LogP contribution in [0.3, 0.4) is 0 Å². The van der Waals surface area contributed by atoms with E-state index in [0.717, 1.165) is 13.1 Å². The summed E-state index contributed by atoms with van der Waals surface area (Å²) in [5.74, 6) is -1.74. The van der Waals surface area contributed by atoms with E-state index in [1.807, 2.05) is 0 Å². The average Bonchev–Trinajstić information content (AvgIpc) is 2.42. The number of nitrogens with one attached hydrogen (secondary N) is 1. The summed E-state index contributed by atoms with van der Waals surface area (Å²) >= 11 is 0. The molecule has 8 nitrogen and oxygen atoms in total.